The number of rotatable bonds is 6. The molecule has 1 N–H and O–H groups in total. The fourth-order valence-electron chi connectivity index (χ4n) is 2.10. The first-order chi connectivity index (χ1) is 12.0. The standard InChI is InChI=1S/C13H14F4N4O4S/c1-20-11(13(15,16)17)19-21(12(20)22)6-5-18-26(23,24)10-7-8(14)3-4-9(10)25-2/h3-4,7,18H,5-6H2,1-2H3. The normalized spacial score (nSPS) is 12.4. The fourth-order valence-corrected chi connectivity index (χ4v) is 3.30. The van der Waals surface area contributed by atoms with Crippen molar-refractivity contribution in [2.45, 2.75) is 17.6 Å². The summed E-state index contributed by atoms with van der Waals surface area (Å²) >= 11 is 0. The van der Waals surface area contributed by atoms with Crippen LogP contribution in [-0.4, -0.2) is 36.4 Å². The van der Waals surface area contributed by atoms with Crippen molar-refractivity contribution in [1.82, 2.24) is 19.1 Å². The smallest absolute Gasteiger partial charge is 0.451 e. The van der Waals surface area contributed by atoms with E-state index in [0.717, 1.165) is 25.2 Å². The summed E-state index contributed by atoms with van der Waals surface area (Å²) in [4.78, 5) is 11.2. The summed E-state index contributed by atoms with van der Waals surface area (Å²) in [6.07, 6.45) is -4.83. The third-order valence-electron chi connectivity index (χ3n) is 3.33. The number of hydrogen-bond donors (Lipinski definition) is 1. The SMILES string of the molecule is COc1ccc(F)cc1S(=O)(=O)NCCn1nc(C(F)(F)F)n(C)c1=O. The Morgan fingerprint density at radius 1 is 1.31 bits per heavy atom. The van der Waals surface area contributed by atoms with Crippen LogP contribution in [0.2, 0.25) is 0 Å². The van der Waals surface area contributed by atoms with Crippen LogP contribution in [0.15, 0.2) is 27.9 Å². The Labute approximate surface area is 145 Å². The lowest BCUT2D eigenvalue weighted by molar-refractivity contribution is -0.147. The van der Waals surface area contributed by atoms with Crippen molar-refractivity contribution in [3.05, 3.63) is 40.3 Å². The molecule has 0 saturated carbocycles. The topological polar surface area (TPSA) is 95.2 Å². The minimum atomic E-state index is -4.83. The average Bonchev–Trinajstić information content (AvgIpc) is 2.83. The van der Waals surface area contributed by atoms with Crippen LogP contribution in [0.5, 0.6) is 5.75 Å². The lowest BCUT2D eigenvalue weighted by Gasteiger charge is -2.10. The van der Waals surface area contributed by atoms with E-state index in [1.807, 2.05) is 0 Å². The molecule has 8 nitrogen and oxygen atoms in total. The average molecular weight is 398 g/mol. The Hall–Kier alpha value is -2.41. The molecule has 0 amide bonds. The molecule has 0 fully saturated rings. The van der Waals surface area contributed by atoms with Gasteiger partial charge in [-0.25, -0.2) is 27.0 Å². The lowest BCUT2D eigenvalue weighted by Crippen LogP contribution is -2.32. The second-order valence-electron chi connectivity index (χ2n) is 5.08. The second kappa shape index (κ2) is 7.07. The summed E-state index contributed by atoms with van der Waals surface area (Å²) in [5.41, 5.74) is -1.06. The first-order valence-corrected chi connectivity index (χ1v) is 8.50. The largest absolute Gasteiger partial charge is 0.495 e. The minimum Gasteiger partial charge on any atom is -0.495 e. The van der Waals surface area contributed by atoms with Gasteiger partial charge in [0.1, 0.15) is 16.5 Å². The van der Waals surface area contributed by atoms with Crippen LogP contribution >= 0.6 is 0 Å². The van der Waals surface area contributed by atoms with Crippen LogP contribution in [0.4, 0.5) is 17.6 Å². The highest BCUT2D eigenvalue weighted by atomic mass is 32.2. The van der Waals surface area contributed by atoms with E-state index in [9.17, 15) is 30.8 Å². The number of sulfonamides is 1. The Morgan fingerprint density at radius 2 is 1.96 bits per heavy atom. The van der Waals surface area contributed by atoms with Crippen molar-refractivity contribution in [3.8, 4) is 5.75 Å². The molecule has 1 aromatic carbocycles. The molecule has 0 aliphatic heterocycles. The molecule has 2 rings (SSSR count). The zero-order valence-electron chi connectivity index (χ0n) is 13.5. The molecule has 0 unspecified atom stereocenters. The van der Waals surface area contributed by atoms with Crippen LogP contribution in [0.1, 0.15) is 5.82 Å². The van der Waals surface area contributed by atoms with Gasteiger partial charge >= 0.3 is 11.9 Å². The molecule has 0 aliphatic carbocycles. The molecular formula is C13H14F4N4O4S. The summed E-state index contributed by atoms with van der Waals surface area (Å²) in [7, 11) is -2.14. The van der Waals surface area contributed by atoms with E-state index >= 15 is 0 Å². The molecule has 0 aliphatic rings. The third kappa shape index (κ3) is 4.04. The van der Waals surface area contributed by atoms with Crippen molar-refractivity contribution < 1.29 is 30.7 Å². The molecule has 0 bridgehead atoms. The van der Waals surface area contributed by atoms with Gasteiger partial charge in [-0.3, -0.25) is 4.57 Å². The number of hydrogen-bond acceptors (Lipinski definition) is 5. The van der Waals surface area contributed by atoms with Crippen LogP contribution in [-0.2, 0) is 29.8 Å². The summed E-state index contributed by atoms with van der Waals surface area (Å²) < 4.78 is 83.5. The Balaban J connectivity index is 2.18. The zero-order chi connectivity index (χ0) is 19.7. The Bertz CT molecular complexity index is 965. The molecule has 13 heteroatoms. The van der Waals surface area contributed by atoms with E-state index < -0.39 is 51.5 Å². The number of alkyl halides is 3. The second-order valence-corrected chi connectivity index (χ2v) is 6.81. The van der Waals surface area contributed by atoms with Crippen LogP contribution < -0.4 is 15.1 Å². The van der Waals surface area contributed by atoms with E-state index in [0.29, 0.717) is 9.25 Å². The summed E-state index contributed by atoms with van der Waals surface area (Å²) in [5.74, 6) is -2.34. The molecule has 1 aromatic heterocycles. The predicted octanol–water partition coefficient (Wildman–Crippen LogP) is 0.727. The van der Waals surface area contributed by atoms with Crippen LogP contribution in [0.25, 0.3) is 0 Å². The highest BCUT2D eigenvalue weighted by Crippen LogP contribution is 2.26. The molecular weight excluding hydrogens is 384 g/mol. The maximum atomic E-state index is 13.3. The van der Waals surface area contributed by atoms with E-state index in [2.05, 4.69) is 9.82 Å². The van der Waals surface area contributed by atoms with E-state index in [-0.39, 0.29) is 5.75 Å². The van der Waals surface area contributed by atoms with Gasteiger partial charge in [0.25, 0.3) is 0 Å². The fraction of sp³-hybridized carbons (Fsp3) is 0.385. The number of nitrogens with zero attached hydrogens (tertiary/aromatic N) is 3. The summed E-state index contributed by atoms with van der Waals surface area (Å²) in [6, 6.07) is 2.85. The number of methoxy groups -OCH3 is 1. The molecule has 0 spiro atoms. The first kappa shape index (κ1) is 19.9. The molecule has 2 aromatic rings. The van der Waals surface area contributed by atoms with Gasteiger partial charge in [0.2, 0.25) is 15.8 Å². The maximum Gasteiger partial charge on any atom is 0.451 e. The van der Waals surface area contributed by atoms with Gasteiger partial charge in [0, 0.05) is 13.6 Å². The monoisotopic (exact) mass is 398 g/mol. The minimum absolute atomic E-state index is 0.117. The number of aromatic nitrogens is 3. The number of ether oxygens (including phenoxy) is 1. The van der Waals surface area contributed by atoms with Crippen LogP contribution in [0, 0.1) is 5.82 Å². The summed E-state index contributed by atoms with van der Waals surface area (Å²) in [5, 5.41) is 3.14. The lowest BCUT2D eigenvalue weighted by atomic mass is 10.3. The van der Waals surface area contributed by atoms with Crippen molar-refractivity contribution in [2.24, 2.45) is 7.05 Å². The Kier molecular flexibility index (Phi) is 5.41. The van der Waals surface area contributed by atoms with Gasteiger partial charge < -0.3 is 4.74 Å². The van der Waals surface area contributed by atoms with Gasteiger partial charge in [0.05, 0.1) is 13.7 Å². The number of halogens is 4. The van der Waals surface area contributed by atoms with Crippen LogP contribution in [0.3, 0.4) is 0 Å². The Morgan fingerprint density at radius 3 is 2.50 bits per heavy atom. The summed E-state index contributed by atoms with van der Waals surface area (Å²) in [6.45, 7) is -0.907. The van der Waals surface area contributed by atoms with E-state index in [1.165, 1.54) is 7.11 Å². The van der Waals surface area contributed by atoms with Gasteiger partial charge in [-0.05, 0) is 18.2 Å². The van der Waals surface area contributed by atoms with Gasteiger partial charge in [-0.1, -0.05) is 0 Å². The van der Waals surface area contributed by atoms with Crippen molar-refractivity contribution in [2.75, 3.05) is 13.7 Å². The van der Waals surface area contributed by atoms with Crippen molar-refractivity contribution >= 4 is 10.0 Å². The van der Waals surface area contributed by atoms with E-state index in [4.69, 9.17) is 4.74 Å². The molecule has 1 heterocycles. The molecule has 0 saturated heterocycles. The highest BCUT2D eigenvalue weighted by molar-refractivity contribution is 7.89. The molecule has 0 radical (unpaired) electrons. The van der Waals surface area contributed by atoms with Gasteiger partial charge in [-0.2, -0.15) is 13.2 Å². The van der Waals surface area contributed by atoms with Crippen molar-refractivity contribution in [1.29, 1.82) is 0 Å². The first-order valence-electron chi connectivity index (χ1n) is 7.01. The zero-order valence-corrected chi connectivity index (χ0v) is 14.4. The van der Waals surface area contributed by atoms with Crippen molar-refractivity contribution in [3.63, 3.8) is 0 Å². The van der Waals surface area contributed by atoms with E-state index in [1.54, 1.807) is 0 Å². The number of benzene rings is 1. The van der Waals surface area contributed by atoms with Gasteiger partial charge in [0.15, 0.2) is 0 Å². The molecule has 144 valence electrons. The predicted molar refractivity (Wildman–Crippen MR) is 80.6 cm³/mol. The molecule has 26 heavy (non-hydrogen) atoms. The quantitative estimate of drug-likeness (QED) is 0.724. The maximum absolute atomic E-state index is 13.3. The highest BCUT2D eigenvalue weighted by Gasteiger charge is 2.38. The molecule has 0 atom stereocenters. The number of nitrogens with one attached hydrogen (secondary N) is 1. The van der Waals surface area contributed by atoms with Gasteiger partial charge in [-0.15, -0.1) is 5.10 Å². The third-order valence-corrected chi connectivity index (χ3v) is 4.81.